The zero-order chi connectivity index (χ0) is 12.3. The lowest BCUT2D eigenvalue weighted by Crippen LogP contribution is -2.15. The predicted molar refractivity (Wildman–Crippen MR) is 59.2 cm³/mol. The van der Waals surface area contributed by atoms with Crippen molar-refractivity contribution in [3.8, 4) is 0 Å². The van der Waals surface area contributed by atoms with E-state index in [0.29, 0.717) is 0 Å². The van der Waals surface area contributed by atoms with E-state index in [4.69, 9.17) is 11.6 Å². The Hall–Kier alpha value is -2.08. The Kier molecular flexibility index (Phi) is 3.24. The van der Waals surface area contributed by atoms with Gasteiger partial charge in [-0.2, -0.15) is 0 Å². The van der Waals surface area contributed by atoms with Gasteiger partial charge < -0.3 is 0 Å². The van der Waals surface area contributed by atoms with Gasteiger partial charge in [0, 0.05) is 12.4 Å². The number of halogens is 2. The molecule has 2 aromatic rings. The van der Waals surface area contributed by atoms with E-state index in [1.54, 1.807) is 6.07 Å². The van der Waals surface area contributed by atoms with E-state index in [-0.39, 0.29) is 16.7 Å². The van der Waals surface area contributed by atoms with Crippen molar-refractivity contribution in [1.29, 1.82) is 0 Å². The SMILES string of the molecule is O=C(Nc1ncccn1)c1cc(F)cnc1Cl. The summed E-state index contributed by atoms with van der Waals surface area (Å²) in [6, 6.07) is 2.60. The van der Waals surface area contributed by atoms with Crippen LogP contribution >= 0.6 is 11.6 Å². The highest BCUT2D eigenvalue weighted by molar-refractivity contribution is 6.33. The Labute approximate surface area is 101 Å². The molecule has 0 saturated carbocycles. The van der Waals surface area contributed by atoms with Gasteiger partial charge in [0.25, 0.3) is 5.91 Å². The van der Waals surface area contributed by atoms with Crippen LogP contribution in [-0.4, -0.2) is 20.9 Å². The second kappa shape index (κ2) is 4.84. The van der Waals surface area contributed by atoms with Gasteiger partial charge >= 0.3 is 0 Å². The maximum atomic E-state index is 12.9. The molecule has 2 heterocycles. The fourth-order valence-electron chi connectivity index (χ4n) is 1.11. The number of hydrogen-bond acceptors (Lipinski definition) is 4. The number of aromatic nitrogens is 3. The monoisotopic (exact) mass is 252 g/mol. The van der Waals surface area contributed by atoms with E-state index in [0.717, 1.165) is 12.3 Å². The minimum Gasteiger partial charge on any atom is -0.290 e. The molecule has 0 saturated heterocycles. The van der Waals surface area contributed by atoms with Crippen LogP contribution in [0.25, 0.3) is 0 Å². The number of nitrogens with one attached hydrogen (secondary N) is 1. The van der Waals surface area contributed by atoms with Crippen LogP contribution in [0.15, 0.2) is 30.7 Å². The summed E-state index contributed by atoms with van der Waals surface area (Å²) in [5, 5.41) is 2.29. The first-order chi connectivity index (χ1) is 8.16. The molecule has 0 aromatic carbocycles. The van der Waals surface area contributed by atoms with Crippen molar-refractivity contribution in [2.24, 2.45) is 0 Å². The van der Waals surface area contributed by atoms with Crippen LogP contribution in [0, 0.1) is 5.82 Å². The lowest BCUT2D eigenvalue weighted by molar-refractivity contribution is 0.102. The third-order valence-corrected chi connectivity index (χ3v) is 2.14. The zero-order valence-electron chi connectivity index (χ0n) is 8.39. The third-order valence-electron chi connectivity index (χ3n) is 1.84. The summed E-state index contributed by atoms with van der Waals surface area (Å²) in [5.41, 5.74) is -0.0703. The molecule has 0 radical (unpaired) electrons. The minimum atomic E-state index is -0.645. The number of amides is 1. The molecule has 0 aliphatic heterocycles. The Morgan fingerprint density at radius 3 is 2.71 bits per heavy atom. The molecule has 1 amide bonds. The van der Waals surface area contributed by atoms with E-state index in [9.17, 15) is 9.18 Å². The maximum Gasteiger partial charge on any atom is 0.261 e. The molecule has 17 heavy (non-hydrogen) atoms. The van der Waals surface area contributed by atoms with E-state index in [1.165, 1.54) is 12.4 Å². The first kappa shape index (κ1) is 11.4. The van der Waals surface area contributed by atoms with Gasteiger partial charge in [0.2, 0.25) is 5.95 Å². The highest BCUT2D eigenvalue weighted by Crippen LogP contribution is 2.14. The number of hydrogen-bond donors (Lipinski definition) is 1. The van der Waals surface area contributed by atoms with Gasteiger partial charge in [-0.25, -0.2) is 19.3 Å². The van der Waals surface area contributed by atoms with Crippen LogP contribution in [0.2, 0.25) is 5.15 Å². The van der Waals surface area contributed by atoms with E-state index in [1.807, 2.05) is 0 Å². The average molecular weight is 253 g/mol. The number of nitrogens with zero attached hydrogens (tertiary/aromatic N) is 3. The lowest BCUT2D eigenvalue weighted by Gasteiger charge is -2.04. The van der Waals surface area contributed by atoms with Crippen LogP contribution in [0.4, 0.5) is 10.3 Å². The van der Waals surface area contributed by atoms with Gasteiger partial charge in [-0.15, -0.1) is 0 Å². The summed E-state index contributed by atoms with van der Waals surface area (Å²) in [5.74, 6) is -1.15. The third kappa shape index (κ3) is 2.73. The topological polar surface area (TPSA) is 67.8 Å². The summed E-state index contributed by atoms with van der Waals surface area (Å²) in [6.45, 7) is 0. The van der Waals surface area contributed by atoms with E-state index in [2.05, 4.69) is 20.3 Å². The van der Waals surface area contributed by atoms with Gasteiger partial charge in [-0.1, -0.05) is 11.6 Å². The summed E-state index contributed by atoms with van der Waals surface area (Å²) < 4.78 is 12.9. The molecule has 2 rings (SSSR count). The molecule has 7 heteroatoms. The van der Waals surface area contributed by atoms with Crippen molar-refractivity contribution in [2.45, 2.75) is 0 Å². The molecule has 5 nitrogen and oxygen atoms in total. The largest absolute Gasteiger partial charge is 0.290 e. The van der Waals surface area contributed by atoms with Gasteiger partial charge in [0.15, 0.2) is 0 Å². The quantitative estimate of drug-likeness (QED) is 0.829. The van der Waals surface area contributed by atoms with Crippen molar-refractivity contribution in [3.05, 3.63) is 47.3 Å². The van der Waals surface area contributed by atoms with Gasteiger partial charge in [0.1, 0.15) is 11.0 Å². The van der Waals surface area contributed by atoms with Gasteiger partial charge in [0.05, 0.1) is 11.8 Å². The van der Waals surface area contributed by atoms with Crippen molar-refractivity contribution in [3.63, 3.8) is 0 Å². The number of carbonyl (C=O) groups is 1. The highest BCUT2D eigenvalue weighted by Gasteiger charge is 2.13. The molecule has 0 fully saturated rings. The smallest absolute Gasteiger partial charge is 0.261 e. The summed E-state index contributed by atoms with van der Waals surface area (Å²) in [6.07, 6.45) is 3.86. The molecule has 2 aromatic heterocycles. The summed E-state index contributed by atoms with van der Waals surface area (Å²) in [7, 11) is 0. The molecule has 0 aliphatic rings. The number of rotatable bonds is 2. The van der Waals surface area contributed by atoms with Crippen LogP contribution in [0.3, 0.4) is 0 Å². The lowest BCUT2D eigenvalue weighted by atomic mass is 10.2. The van der Waals surface area contributed by atoms with E-state index >= 15 is 0 Å². The minimum absolute atomic E-state index is 0.0703. The van der Waals surface area contributed by atoms with Crippen LogP contribution < -0.4 is 5.32 Å². The second-order valence-electron chi connectivity index (χ2n) is 3.02. The first-order valence-electron chi connectivity index (χ1n) is 4.56. The van der Waals surface area contributed by atoms with Crippen molar-refractivity contribution in [2.75, 3.05) is 5.32 Å². The van der Waals surface area contributed by atoms with Gasteiger partial charge in [-0.05, 0) is 12.1 Å². The zero-order valence-corrected chi connectivity index (χ0v) is 9.15. The summed E-state index contributed by atoms with van der Waals surface area (Å²) >= 11 is 5.68. The molecule has 0 unspecified atom stereocenters. The molecular formula is C10H6ClFN4O. The van der Waals surface area contributed by atoms with Crippen molar-refractivity contribution < 1.29 is 9.18 Å². The average Bonchev–Trinajstić information content (AvgIpc) is 2.33. The van der Waals surface area contributed by atoms with Crippen LogP contribution in [0.5, 0.6) is 0 Å². The maximum absolute atomic E-state index is 12.9. The molecule has 0 spiro atoms. The van der Waals surface area contributed by atoms with E-state index < -0.39 is 11.7 Å². The Morgan fingerprint density at radius 1 is 1.29 bits per heavy atom. The van der Waals surface area contributed by atoms with Crippen molar-refractivity contribution in [1.82, 2.24) is 15.0 Å². The Balaban J connectivity index is 2.23. The number of carbonyl (C=O) groups excluding carboxylic acids is 1. The first-order valence-corrected chi connectivity index (χ1v) is 4.94. The standard InChI is InChI=1S/C10H6ClFN4O/c11-8-7(4-6(12)5-15-8)9(17)16-10-13-2-1-3-14-10/h1-5H,(H,13,14,16,17). The second-order valence-corrected chi connectivity index (χ2v) is 3.38. The molecule has 0 aliphatic carbocycles. The highest BCUT2D eigenvalue weighted by atomic mass is 35.5. The number of pyridine rings is 1. The summed E-state index contributed by atoms with van der Waals surface area (Å²) in [4.78, 5) is 22.8. The predicted octanol–water partition coefficient (Wildman–Crippen LogP) is 1.92. The normalized spacial score (nSPS) is 10.0. The van der Waals surface area contributed by atoms with Crippen LogP contribution in [0.1, 0.15) is 10.4 Å². The number of anilines is 1. The fourth-order valence-corrected chi connectivity index (χ4v) is 1.30. The Morgan fingerprint density at radius 2 is 2.00 bits per heavy atom. The fraction of sp³-hybridized carbons (Fsp3) is 0. The molecule has 1 N–H and O–H groups in total. The molecule has 0 bridgehead atoms. The van der Waals surface area contributed by atoms with Gasteiger partial charge in [-0.3, -0.25) is 10.1 Å². The van der Waals surface area contributed by atoms with Crippen molar-refractivity contribution >= 4 is 23.5 Å². The molecular weight excluding hydrogens is 247 g/mol. The van der Waals surface area contributed by atoms with Crippen LogP contribution in [-0.2, 0) is 0 Å². The Bertz CT molecular complexity index is 549. The molecule has 86 valence electrons. The molecule has 0 atom stereocenters.